The molecular weight excluding hydrogens is 252 g/mol. The van der Waals surface area contributed by atoms with Crippen molar-refractivity contribution in [3.8, 4) is 0 Å². The Kier molecular flexibility index (Phi) is 4.83. The molecule has 0 heterocycles. The summed E-state index contributed by atoms with van der Waals surface area (Å²) < 4.78 is 0. The van der Waals surface area contributed by atoms with E-state index in [-0.39, 0.29) is 0 Å². The minimum atomic E-state index is -0.482. The molecular formula is C17H18OS. The fourth-order valence-corrected chi connectivity index (χ4v) is 2.69. The van der Waals surface area contributed by atoms with E-state index in [0.717, 1.165) is 15.4 Å². The first-order chi connectivity index (χ1) is 9.15. The summed E-state index contributed by atoms with van der Waals surface area (Å²) in [5.74, 6) is 0. The van der Waals surface area contributed by atoms with Crippen LogP contribution in [-0.2, 0) is 0 Å². The van der Waals surface area contributed by atoms with Crippen molar-refractivity contribution in [2.75, 3.05) is 0 Å². The van der Waals surface area contributed by atoms with Gasteiger partial charge in [-0.05, 0) is 29.5 Å². The number of aliphatic hydroxyl groups excluding tert-OH is 1. The van der Waals surface area contributed by atoms with E-state index in [2.05, 4.69) is 6.58 Å². The zero-order valence-corrected chi connectivity index (χ0v) is 11.9. The Hall–Kier alpha value is -1.51. The van der Waals surface area contributed by atoms with Crippen LogP contribution in [0.4, 0.5) is 0 Å². The van der Waals surface area contributed by atoms with Gasteiger partial charge < -0.3 is 5.11 Å². The van der Waals surface area contributed by atoms with Gasteiger partial charge in [0.05, 0.1) is 6.10 Å². The van der Waals surface area contributed by atoms with Gasteiger partial charge in [-0.1, -0.05) is 66.4 Å². The molecule has 0 aliphatic rings. The molecule has 0 spiro atoms. The smallest absolute Gasteiger partial charge is 0.0835 e. The highest BCUT2D eigenvalue weighted by atomic mass is 32.2. The molecule has 1 unspecified atom stereocenters. The van der Waals surface area contributed by atoms with Gasteiger partial charge >= 0.3 is 0 Å². The molecule has 0 amide bonds. The number of aryl methyl sites for hydroxylation is 1. The van der Waals surface area contributed by atoms with Gasteiger partial charge in [-0.15, -0.1) is 0 Å². The molecule has 2 aromatic rings. The molecule has 2 heteroatoms. The summed E-state index contributed by atoms with van der Waals surface area (Å²) in [7, 11) is 0. The van der Waals surface area contributed by atoms with E-state index in [9.17, 15) is 5.11 Å². The second-order valence-corrected chi connectivity index (χ2v) is 5.84. The number of rotatable bonds is 5. The van der Waals surface area contributed by atoms with Crippen LogP contribution in [0.1, 0.15) is 23.7 Å². The Morgan fingerprint density at radius 3 is 2.37 bits per heavy atom. The normalized spacial score (nSPS) is 12.1. The third kappa shape index (κ3) is 4.27. The summed E-state index contributed by atoms with van der Waals surface area (Å²) >= 11 is 1.62. The molecule has 1 nitrogen and oxygen atoms in total. The largest absolute Gasteiger partial charge is 0.388 e. The fourth-order valence-electron chi connectivity index (χ4n) is 1.82. The van der Waals surface area contributed by atoms with E-state index in [4.69, 9.17) is 0 Å². The summed E-state index contributed by atoms with van der Waals surface area (Å²) in [6.07, 6.45) is 0.0899. The zero-order valence-electron chi connectivity index (χ0n) is 11.0. The van der Waals surface area contributed by atoms with Crippen molar-refractivity contribution in [1.29, 1.82) is 0 Å². The molecule has 0 aliphatic carbocycles. The Morgan fingerprint density at radius 1 is 1.11 bits per heavy atom. The van der Waals surface area contributed by atoms with Gasteiger partial charge in [-0.25, -0.2) is 0 Å². The van der Waals surface area contributed by atoms with Crippen LogP contribution < -0.4 is 0 Å². The lowest BCUT2D eigenvalue weighted by atomic mass is 10.1. The number of aliphatic hydroxyl groups is 1. The van der Waals surface area contributed by atoms with Gasteiger partial charge in [-0.3, -0.25) is 0 Å². The van der Waals surface area contributed by atoms with Crippen molar-refractivity contribution < 1.29 is 5.11 Å². The minimum absolute atomic E-state index is 0.482. The molecule has 0 radical (unpaired) electrons. The highest BCUT2D eigenvalue weighted by Crippen LogP contribution is 2.31. The summed E-state index contributed by atoms with van der Waals surface area (Å²) in [6.45, 7) is 6.08. The van der Waals surface area contributed by atoms with Gasteiger partial charge in [0.1, 0.15) is 0 Å². The molecule has 0 fully saturated rings. The Labute approximate surface area is 119 Å². The number of thioether (sulfide) groups is 1. The summed E-state index contributed by atoms with van der Waals surface area (Å²) in [5.41, 5.74) is 2.15. The van der Waals surface area contributed by atoms with Gasteiger partial charge in [0, 0.05) is 11.3 Å². The highest BCUT2D eigenvalue weighted by molar-refractivity contribution is 8.03. The van der Waals surface area contributed by atoms with Crippen LogP contribution in [0.25, 0.3) is 0 Å². The molecule has 0 aromatic heterocycles. The van der Waals surface area contributed by atoms with E-state index in [0.29, 0.717) is 6.42 Å². The summed E-state index contributed by atoms with van der Waals surface area (Å²) in [4.78, 5) is 2.13. The third-order valence-electron chi connectivity index (χ3n) is 2.89. The van der Waals surface area contributed by atoms with Crippen molar-refractivity contribution in [1.82, 2.24) is 0 Å². The monoisotopic (exact) mass is 270 g/mol. The third-order valence-corrected chi connectivity index (χ3v) is 3.85. The van der Waals surface area contributed by atoms with Crippen LogP contribution >= 0.6 is 11.8 Å². The summed E-state index contributed by atoms with van der Waals surface area (Å²) in [5, 5.41) is 10.2. The standard InChI is InChI=1S/C17H18OS/c1-13-8-10-15(11-9-13)17(18)12-14(2)19-16-6-4-3-5-7-16/h3-11,17-18H,2,12H2,1H3. The Morgan fingerprint density at radius 2 is 1.74 bits per heavy atom. The van der Waals surface area contributed by atoms with Crippen molar-refractivity contribution >= 4 is 11.8 Å². The van der Waals surface area contributed by atoms with Crippen LogP contribution in [-0.4, -0.2) is 5.11 Å². The second-order valence-electron chi connectivity index (χ2n) is 4.58. The van der Waals surface area contributed by atoms with E-state index in [1.54, 1.807) is 11.8 Å². The average molecular weight is 270 g/mol. The van der Waals surface area contributed by atoms with Crippen molar-refractivity contribution in [3.05, 3.63) is 77.2 Å². The first-order valence-electron chi connectivity index (χ1n) is 6.30. The molecule has 0 aliphatic heterocycles. The number of hydrogen-bond donors (Lipinski definition) is 1. The maximum Gasteiger partial charge on any atom is 0.0835 e. The van der Waals surface area contributed by atoms with Crippen molar-refractivity contribution in [2.45, 2.75) is 24.3 Å². The molecule has 0 saturated heterocycles. The van der Waals surface area contributed by atoms with Crippen LogP contribution in [0.2, 0.25) is 0 Å². The minimum Gasteiger partial charge on any atom is -0.388 e. The first kappa shape index (κ1) is 13.9. The molecule has 0 saturated carbocycles. The first-order valence-corrected chi connectivity index (χ1v) is 7.12. The molecule has 19 heavy (non-hydrogen) atoms. The van der Waals surface area contributed by atoms with E-state index in [1.807, 2.05) is 61.5 Å². The van der Waals surface area contributed by atoms with Crippen LogP contribution in [0.3, 0.4) is 0 Å². The van der Waals surface area contributed by atoms with Crippen LogP contribution in [0, 0.1) is 6.92 Å². The van der Waals surface area contributed by atoms with Crippen molar-refractivity contribution in [3.63, 3.8) is 0 Å². The van der Waals surface area contributed by atoms with Crippen molar-refractivity contribution in [2.24, 2.45) is 0 Å². The predicted octanol–water partition coefficient (Wildman–Crippen LogP) is 4.72. The van der Waals surface area contributed by atoms with Crippen LogP contribution in [0.5, 0.6) is 0 Å². The number of benzene rings is 2. The Balaban J connectivity index is 1.93. The lowest BCUT2D eigenvalue weighted by molar-refractivity contribution is 0.180. The maximum absolute atomic E-state index is 10.2. The van der Waals surface area contributed by atoms with Crippen LogP contribution in [0.15, 0.2) is 71.0 Å². The SMILES string of the molecule is C=C(CC(O)c1ccc(C)cc1)Sc1ccccc1. The molecule has 1 atom stereocenters. The predicted molar refractivity (Wildman–Crippen MR) is 82.2 cm³/mol. The van der Waals surface area contributed by atoms with E-state index in [1.165, 1.54) is 5.56 Å². The van der Waals surface area contributed by atoms with E-state index >= 15 is 0 Å². The fraction of sp³-hybridized carbons (Fsp3) is 0.176. The zero-order chi connectivity index (χ0) is 13.7. The lowest BCUT2D eigenvalue weighted by Gasteiger charge is -2.13. The molecule has 98 valence electrons. The van der Waals surface area contributed by atoms with E-state index < -0.39 is 6.10 Å². The van der Waals surface area contributed by atoms with Gasteiger partial charge in [0.25, 0.3) is 0 Å². The van der Waals surface area contributed by atoms with Gasteiger partial charge in [0.15, 0.2) is 0 Å². The topological polar surface area (TPSA) is 20.2 Å². The second kappa shape index (κ2) is 6.60. The Bertz CT molecular complexity index is 531. The molecule has 2 rings (SSSR count). The van der Waals surface area contributed by atoms with Gasteiger partial charge in [0.2, 0.25) is 0 Å². The molecule has 0 bridgehead atoms. The highest BCUT2D eigenvalue weighted by Gasteiger charge is 2.09. The maximum atomic E-state index is 10.2. The average Bonchev–Trinajstić information content (AvgIpc) is 2.40. The lowest BCUT2D eigenvalue weighted by Crippen LogP contribution is -1.97. The quantitative estimate of drug-likeness (QED) is 0.793. The molecule has 2 aromatic carbocycles. The molecule has 1 N–H and O–H groups in total. The van der Waals surface area contributed by atoms with Gasteiger partial charge in [-0.2, -0.15) is 0 Å². The summed E-state index contributed by atoms with van der Waals surface area (Å²) in [6, 6.07) is 18.1. The number of hydrogen-bond acceptors (Lipinski definition) is 2.